The Balaban J connectivity index is 1.09. The minimum absolute atomic E-state index is 0.0450. The molecule has 1 aliphatic rings. The first-order chi connectivity index (χ1) is 22.2. The largest absolute Gasteiger partial charge is 0.382 e. The highest BCUT2D eigenvalue weighted by Gasteiger charge is 2.41. The third-order valence-electron chi connectivity index (χ3n) is 7.94. The smallest absolute Gasteiger partial charge is 0.255 e. The van der Waals surface area contributed by atoms with Crippen molar-refractivity contribution in [3.63, 3.8) is 0 Å². The van der Waals surface area contributed by atoms with Gasteiger partial charge in [-0.25, -0.2) is 18.4 Å². The Morgan fingerprint density at radius 3 is 2.52 bits per heavy atom. The minimum Gasteiger partial charge on any atom is -0.382 e. The number of fused-ring (bicyclic) bond motifs is 1. The summed E-state index contributed by atoms with van der Waals surface area (Å²) in [6.45, 7) is 2.25. The molecule has 0 unspecified atom stereocenters. The average Bonchev–Trinajstić information content (AvgIpc) is 3.58. The van der Waals surface area contributed by atoms with E-state index in [4.69, 9.17) is 9.47 Å². The normalized spacial score (nSPS) is 18.4. The summed E-state index contributed by atoms with van der Waals surface area (Å²) >= 11 is 1.37. The van der Waals surface area contributed by atoms with Gasteiger partial charge in [-0.15, -0.1) is 11.8 Å². The van der Waals surface area contributed by atoms with E-state index in [2.05, 4.69) is 21.5 Å². The molecule has 6 rings (SSSR count). The van der Waals surface area contributed by atoms with E-state index >= 15 is 0 Å². The standard InChI is InChI=1S/C34H29F2N5O4S/c1-21(34(43,18-41-20-38-19-39-41)29-12-11-25(35)14-30(29)36)46-26-16-44-33(45-17-26)23-8-6-22(7-9-23)32(42)40-31-13-10-24(15-37)27-4-2-3-5-28(27)31/h2-14,19-21,26,33,43H,16-18H2,1H3,(H,40,42)/t21-,26-,33-,34-/m1/s1. The molecule has 2 heterocycles. The lowest BCUT2D eigenvalue weighted by Crippen LogP contribution is -2.43. The summed E-state index contributed by atoms with van der Waals surface area (Å²) in [6, 6.07) is 23.0. The van der Waals surface area contributed by atoms with E-state index in [0.29, 0.717) is 30.0 Å². The van der Waals surface area contributed by atoms with Gasteiger partial charge in [0, 0.05) is 44.5 Å². The molecule has 5 aromatic rings. The van der Waals surface area contributed by atoms with Crippen molar-refractivity contribution in [2.75, 3.05) is 18.5 Å². The highest BCUT2D eigenvalue weighted by atomic mass is 32.2. The van der Waals surface area contributed by atoms with E-state index in [9.17, 15) is 23.9 Å². The lowest BCUT2D eigenvalue weighted by molar-refractivity contribution is -0.180. The van der Waals surface area contributed by atoms with Gasteiger partial charge in [-0.05, 0) is 30.3 Å². The maximum atomic E-state index is 14.9. The van der Waals surface area contributed by atoms with Gasteiger partial charge in [-0.3, -0.25) is 4.79 Å². The molecule has 1 amide bonds. The molecule has 1 aromatic heterocycles. The third-order valence-corrected chi connectivity index (χ3v) is 9.40. The maximum Gasteiger partial charge on any atom is 0.255 e. The summed E-state index contributed by atoms with van der Waals surface area (Å²) in [6.07, 6.45) is 2.08. The molecule has 0 spiro atoms. The molecule has 46 heavy (non-hydrogen) atoms. The first-order valence-electron chi connectivity index (χ1n) is 14.5. The number of aromatic nitrogens is 3. The number of aliphatic hydroxyl groups is 1. The maximum absolute atomic E-state index is 14.9. The van der Waals surface area contributed by atoms with Gasteiger partial charge >= 0.3 is 0 Å². The predicted octanol–water partition coefficient (Wildman–Crippen LogP) is 5.96. The molecule has 0 radical (unpaired) electrons. The number of ether oxygens (including phenoxy) is 2. The molecule has 9 nitrogen and oxygen atoms in total. The number of nitrogens with one attached hydrogen (secondary N) is 1. The lowest BCUT2D eigenvalue weighted by Gasteiger charge is -2.37. The number of anilines is 1. The molecule has 2 N–H and O–H groups in total. The zero-order valence-corrected chi connectivity index (χ0v) is 25.5. The van der Waals surface area contributed by atoms with Crippen LogP contribution in [0.3, 0.4) is 0 Å². The molecule has 0 bridgehead atoms. The fraction of sp³-hybridized carbons (Fsp3) is 0.235. The minimum atomic E-state index is -1.74. The van der Waals surface area contributed by atoms with Crippen LogP contribution in [0.5, 0.6) is 0 Å². The van der Waals surface area contributed by atoms with Crippen molar-refractivity contribution in [3.8, 4) is 6.07 Å². The van der Waals surface area contributed by atoms with Crippen LogP contribution in [0.4, 0.5) is 14.5 Å². The van der Waals surface area contributed by atoms with E-state index < -0.39 is 28.8 Å². The first kappa shape index (κ1) is 31.3. The number of amides is 1. The van der Waals surface area contributed by atoms with Crippen molar-refractivity contribution in [1.29, 1.82) is 5.26 Å². The number of carbonyl (C=O) groups is 1. The third kappa shape index (κ3) is 6.49. The van der Waals surface area contributed by atoms with Crippen molar-refractivity contribution in [1.82, 2.24) is 14.8 Å². The Hall–Kier alpha value is -4.67. The number of halogens is 2. The van der Waals surface area contributed by atoms with Crippen LogP contribution in [0.1, 0.15) is 40.3 Å². The highest BCUT2D eigenvalue weighted by molar-refractivity contribution is 8.00. The second-order valence-corrected chi connectivity index (χ2v) is 12.6. The fourth-order valence-corrected chi connectivity index (χ4v) is 6.80. The molecular formula is C34H29F2N5O4S. The van der Waals surface area contributed by atoms with Crippen molar-refractivity contribution in [2.24, 2.45) is 0 Å². The van der Waals surface area contributed by atoms with Gasteiger partial charge in [0.15, 0.2) is 6.29 Å². The van der Waals surface area contributed by atoms with Crippen LogP contribution in [0.15, 0.2) is 91.5 Å². The van der Waals surface area contributed by atoms with E-state index in [0.717, 1.165) is 28.5 Å². The Labute approximate surface area is 267 Å². The van der Waals surface area contributed by atoms with Crippen molar-refractivity contribution >= 4 is 34.1 Å². The van der Waals surface area contributed by atoms with Crippen molar-refractivity contribution < 1.29 is 28.2 Å². The zero-order chi connectivity index (χ0) is 32.3. The van der Waals surface area contributed by atoms with Crippen LogP contribution < -0.4 is 5.32 Å². The van der Waals surface area contributed by atoms with Crippen molar-refractivity contribution in [3.05, 3.63) is 125 Å². The number of thioether (sulfide) groups is 1. The Kier molecular flexibility index (Phi) is 9.10. The van der Waals surface area contributed by atoms with Gasteiger partial charge in [0.05, 0.1) is 36.6 Å². The summed E-state index contributed by atoms with van der Waals surface area (Å²) in [5, 5.41) is 29.0. The molecule has 0 aliphatic carbocycles. The van der Waals surface area contributed by atoms with Gasteiger partial charge in [-0.2, -0.15) is 10.4 Å². The van der Waals surface area contributed by atoms with Crippen LogP contribution in [0.2, 0.25) is 0 Å². The first-order valence-corrected chi connectivity index (χ1v) is 15.4. The summed E-state index contributed by atoms with van der Waals surface area (Å²) in [5.41, 5.74) is 0.521. The predicted molar refractivity (Wildman–Crippen MR) is 169 cm³/mol. The monoisotopic (exact) mass is 641 g/mol. The van der Waals surface area contributed by atoms with Gasteiger partial charge in [0.1, 0.15) is 29.9 Å². The Morgan fingerprint density at radius 1 is 1.11 bits per heavy atom. The number of rotatable bonds is 9. The molecule has 1 saturated heterocycles. The molecule has 1 fully saturated rings. The fourth-order valence-electron chi connectivity index (χ4n) is 5.48. The Morgan fingerprint density at radius 2 is 1.85 bits per heavy atom. The second kappa shape index (κ2) is 13.4. The van der Waals surface area contributed by atoms with E-state index in [1.807, 2.05) is 24.3 Å². The van der Waals surface area contributed by atoms with E-state index in [1.165, 1.54) is 35.2 Å². The van der Waals surface area contributed by atoms with Crippen LogP contribution >= 0.6 is 11.8 Å². The van der Waals surface area contributed by atoms with Crippen LogP contribution in [0.25, 0.3) is 10.8 Å². The van der Waals surface area contributed by atoms with E-state index in [1.54, 1.807) is 43.3 Å². The molecule has 2 atom stereocenters. The summed E-state index contributed by atoms with van der Waals surface area (Å²) in [4.78, 5) is 17.0. The molecule has 234 valence electrons. The van der Waals surface area contributed by atoms with E-state index in [-0.39, 0.29) is 23.3 Å². The number of benzene rings is 4. The second-order valence-electron chi connectivity index (χ2n) is 10.9. The SMILES string of the molecule is C[C@@H](S[C@H]1CO[C@H](c2ccc(C(=O)Nc3ccc(C#N)c4ccccc34)cc2)OC1)[C@](O)(Cn1cncn1)c1ccc(F)cc1F. The van der Waals surface area contributed by atoms with Crippen molar-refractivity contribution in [2.45, 2.75) is 35.9 Å². The number of hydrogen-bond donors (Lipinski definition) is 2. The summed E-state index contributed by atoms with van der Waals surface area (Å²) < 4.78 is 42.0. The number of nitrogens with zero attached hydrogens (tertiary/aromatic N) is 4. The topological polar surface area (TPSA) is 122 Å². The Bertz CT molecular complexity index is 1890. The number of hydrogen-bond acceptors (Lipinski definition) is 8. The van der Waals surface area contributed by atoms with Crippen LogP contribution in [0, 0.1) is 23.0 Å². The van der Waals surface area contributed by atoms with Gasteiger partial charge in [0.25, 0.3) is 5.91 Å². The summed E-state index contributed by atoms with van der Waals surface area (Å²) in [5.74, 6) is -1.89. The quantitative estimate of drug-likeness (QED) is 0.202. The lowest BCUT2D eigenvalue weighted by atomic mass is 9.90. The molecule has 0 saturated carbocycles. The van der Waals surface area contributed by atoms with Crippen LogP contribution in [-0.4, -0.2) is 49.5 Å². The average molecular weight is 642 g/mol. The molecular weight excluding hydrogens is 612 g/mol. The molecule has 12 heteroatoms. The number of carbonyl (C=O) groups excluding carboxylic acids is 1. The summed E-state index contributed by atoms with van der Waals surface area (Å²) in [7, 11) is 0. The van der Waals surface area contributed by atoms with Gasteiger partial charge < -0.3 is 19.9 Å². The molecule has 1 aliphatic heterocycles. The molecule has 4 aromatic carbocycles. The highest BCUT2D eigenvalue weighted by Crippen LogP contribution is 2.39. The zero-order valence-electron chi connectivity index (χ0n) is 24.6. The van der Waals surface area contributed by atoms with Gasteiger partial charge in [0.2, 0.25) is 0 Å². The van der Waals surface area contributed by atoms with Crippen LogP contribution in [-0.2, 0) is 21.6 Å². The van der Waals surface area contributed by atoms with Gasteiger partial charge in [-0.1, -0.05) is 49.4 Å². The number of nitriles is 1.